The van der Waals surface area contributed by atoms with Gasteiger partial charge in [0.15, 0.2) is 0 Å². The lowest BCUT2D eigenvalue weighted by molar-refractivity contribution is 0.114. The van der Waals surface area contributed by atoms with Gasteiger partial charge in [-0.05, 0) is 81.6 Å². The predicted octanol–water partition coefficient (Wildman–Crippen LogP) is 4.99. The molecule has 12 heteroatoms. The van der Waals surface area contributed by atoms with Gasteiger partial charge in [0.2, 0.25) is 5.95 Å². The highest BCUT2D eigenvalue weighted by Crippen LogP contribution is 2.28. The number of piperidine rings is 1. The number of thiazole rings is 1. The van der Waals surface area contributed by atoms with E-state index in [2.05, 4.69) is 38.1 Å². The Kier molecular flexibility index (Phi) is 7.99. The van der Waals surface area contributed by atoms with E-state index in [1.165, 1.54) is 17.5 Å². The Morgan fingerprint density at radius 1 is 1.12 bits per heavy atom. The Labute approximate surface area is 254 Å². The zero-order valence-corrected chi connectivity index (χ0v) is 26.0. The molecule has 1 aromatic carbocycles. The molecule has 0 radical (unpaired) electrons. The first-order valence-electron chi connectivity index (χ1n) is 14.1. The highest BCUT2D eigenvalue weighted by atomic mass is 32.2. The molecular formula is C31H33N7O3S2. The van der Waals surface area contributed by atoms with Gasteiger partial charge in [-0.3, -0.25) is 23.5 Å². The van der Waals surface area contributed by atoms with Crippen LogP contribution in [0.4, 0.5) is 11.6 Å². The van der Waals surface area contributed by atoms with Crippen molar-refractivity contribution >= 4 is 49.4 Å². The second-order valence-electron chi connectivity index (χ2n) is 10.7. The van der Waals surface area contributed by atoms with Gasteiger partial charge in [0.25, 0.3) is 5.56 Å². The van der Waals surface area contributed by atoms with Crippen molar-refractivity contribution in [2.24, 2.45) is 0 Å². The van der Waals surface area contributed by atoms with E-state index in [0.717, 1.165) is 42.9 Å². The highest BCUT2D eigenvalue weighted by molar-refractivity contribution is 8.02. The number of hydrogen-bond donors (Lipinski definition) is 1. The second kappa shape index (κ2) is 11.9. The second-order valence-corrected chi connectivity index (χ2v) is 14.1. The van der Waals surface area contributed by atoms with Crippen LogP contribution in [0.3, 0.4) is 0 Å². The van der Waals surface area contributed by atoms with Crippen molar-refractivity contribution in [1.29, 1.82) is 0 Å². The largest absolute Gasteiger partial charge is 0.490 e. The lowest BCUT2D eigenvalue weighted by Gasteiger charge is -2.29. The summed E-state index contributed by atoms with van der Waals surface area (Å²) < 4.78 is 21.7. The van der Waals surface area contributed by atoms with Crippen LogP contribution >= 0.6 is 11.3 Å². The Bertz CT molecular complexity index is 1930. The molecule has 1 atom stereocenters. The van der Waals surface area contributed by atoms with Crippen molar-refractivity contribution in [3.05, 3.63) is 76.4 Å². The lowest BCUT2D eigenvalue weighted by Crippen LogP contribution is -2.35. The molecule has 1 aliphatic heterocycles. The minimum Gasteiger partial charge on any atom is -0.490 e. The van der Waals surface area contributed by atoms with Gasteiger partial charge in [-0.2, -0.15) is 4.98 Å². The van der Waals surface area contributed by atoms with Gasteiger partial charge >= 0.3 is 0 Å². The van der Waals surface area contributed by atoms with Gasteiger partial charge in [0, 0.05) is 52.6 Å². The van der Waals surface area contributed by atoms with E-state index in [9.17, 15) is 9.00 Å². The summed E-state index contributed by atoms with van der Waals surface area (Å²) in [6.07, 6.45) is 7.08. The first kappa shape index (κ1) is 29.0. The molecule has 1 N–H and O–H groups in total. The maximum absolute atomic E-state index is 13.7. The normalized spacial score (nSPS) is 15.8. The number of benzene rings is 1. The molecular weight excluding hydrogens is 583 g/mol. The van der Waals surface area contributed by atoms with Crippen LogP contribution in [0.15, 0.2) is 74.4 Å². The highest BCUT2D eigenvalue weighted by Gasteiger charge is 2.20. The van der Waals surface area contributed by atoms with Crippen molar-refractivity contribution < 1.29 is 8.95 Å². The summed E-state index contributed by atoms with van der Waals surface area (Å²) in [6.45, 7) is 6.26. The number of ether oxygens (including phenoxy) is 1. The van der Waals surface area contributed by atoms with E-state index in [1.807, 2.05) is 38.1 Å². The van der Waals surface area contributed by atoms with E-state index >= 15 is 0 Å². The Hall–Kier alpha value is -4.13. The molecule has 0 saturated carbocycles. The van der Waals surface area contributed by atoms with Crippen LogP contribution in [0.2, 0.25) is 0 Å². The Balaban J connectivity index is 1.25. The van der Waals surface area contributed by atoms with E-state index in [-0.39, 0.29) is 11.7 Å². The quantitative estimate of drug-likeness (QED) is 0.241. The first-order valence-corrected chi connectivity index (χ1v) is 16.7. The molecule has 1 unspecified atom stereocenters. The maximum Gasteiger partial charge on any atom is 0.261 e. The summed E-state index contributed by atoms with van der Waals surface area (Å²) in [4.78, 5) is 34.3. The van der Waals surface area contributed by atoms with Crippen LogP contribution in [0.1, 0.15) is 25.3 Å². The molecule has 0 aliphatic carbocycles. The number of hydrogen-bond acceptors (Lipinski definition) is 10. The fraction of sp³-hybridized carbons (Fsp3) is 0.290. The molecule has 43 heavy (non-hydrogen) atoms. The van der Waals surface area contributed by atoms with Crippen molar-refractivity contribution in [3.8, 4) is 17.0 Å². The van der Waals surface area contributed by atoms with Crippen LogP contribution in [-0.2, 0) is 16.1 Å². The van der Waals surface area contributed by atoms with Crippen LogP contribution in [-0.4, -0.2) is 65.7 Å². The van der Waals surface area contributed by atoms with Crippen LogP contribution in [0.5, 0.6) is 5.75 Å². The number of aromatic nitrogens is 5. The lowest BCUT2D eigenvalue weighted by atomic mass is 10.1. The predicted molar refractivity (Wildman–Crippen MR) is 172 cm³/mol. The first-order chi connectivity index (χ1) is 20.7. The summed E-state index contributed by atoms with van der Waals surface area (Å²) in [5, 5.41) is 3.95. The number of likely N-dealkylation sites (tertiary alicyclic amines) is 1. The zero-order chi connectivity index (χ0) is 30.1. The molecule has 10 nitrogen and oxygen atoms in total. The van der Waals surface area contributed by atoms with Crippen molar-refractivity contribution in [1.82, 2.24) is 29.4 Å². The number of aryl methyl sites for hydroxylation is 2. The average Bonchev–Trinajstić information content (AvgIpc) is 3.56. The van der Waals surface area contributed by atoms with Gasteiger partial charge in [-0.25, -0.2) is 4.98 Å². The molecule has 0 amide bonds. The van der Waals surface area contributed by atoms with Gasteiger partial charge < -0.3 is 15.0 Å². The Morgan fingerprint density at radius 3 is 2.56 bits per heavy atom. The van der Waals surface area contributed by atoms with E-state index in [4.69, 9.17) is 9.72 Å². The number of fused-ring (bicyclic) bond motifs is 1. The molecule has 5 aromatic rings. The molecule has 222 valence electrons. The fourth-order valence-corrected chi connectivity index (χ4v) is 7.66. The zero-order valence-electron chi connectivity index (χ0n) is 24.3. The summed E-state index contributed by atoms with van der Waals surface area (Å²) >= 11 is 1.29. The average molecular weight is 616 g/mol. The van der Waals surface area contributed by atoms with E-state index in [1.54, 1.807) is 34.6 Å². The minimum absolute atomic E-state index is 0.212. The smallest absolute Gasteiger partial charge is 0.261 e. The van der Waals surface area contributed by atoms with Crippen LogP contribution < -0.4 is 15.6 Å². The molecule has 0 spiro atoms. The van der Waals surface area contributed by atoms with Gasteiger partial charge in [-0.1, -0.05) is 0 Å². The molecule has 0 bridgehead atoms. The third-order valence-corrected chi connectivity index (χ3v) is 11.0. The van der Waals surface area contributed by atoms with E-state index in [0.29, 0.717) is 43.9 Å². The third kappa shape index (κ3) is 5.90. The maximum atomic E-state index is 13.7. The summed E-state index contributed by atoms with van der Waals surface area (Å²) in [5.41, 5.74) is 4.42. The van der Waals surface area contributed by atoms with Gasteiger partial charge in [-0.15, -0.1) is 11.3 Å². The number of anilines is 2. The molecule has 1 fully saturated rings. The monoisotopic (exact) mass is 615 g/mol. The van der Waals surface area contributed by atoms with Crippen molar-refractivity contribution in [3.63, 3.8) is 0 Å². The molecule has 1 aliphatic rings. The van der Waals surface area contributed by atoms with Crippen LogP contribution in [0, 0.1) is 6.92 Å². The standard InChI is InChI=1S/C31H33N7O3S2/c1-5-38-29-21(15-26(30(38)39)28-20(2)14-25(17-33-28)43(4,40)27-18-32-19-42-27)16-34-31(36-29)35-22-6-8-23(9-7-22)41-24-10-12-37(3)13-11-24/h6-9,14-19,24H,4-5,10-13H2,1-3H3,(H,34,35,36). The summed E-state index contributed by atoms with van der Waals surface area (Å²) in [6, 6.07) is 11.3. The van der Waals surface area contributed by atoms with Crippen LogP contribution in [0.25, 0.3) is 22.3 Å². The van der Waals surface area contributed by atoms with Gasteiger partial charge in [0.1, 0.15) is 21.7 Å². The van der Waals surface area contributed by atoms with Crippen molar-refractivity contribution in [2.75, 3.05) is 25.5 Å². The Morgan fingerprint density at radius 2 is 1.88 bits per heavy atom. The summed E-state index contributed by atoms with van der Waals surface area (Å²) in [5.74, 6) is 5.17. The third-order valence-electron chi connectivity index (χ3n) is 7.65. The van der Waals surface area contributed by atoms with Crippen molar-refractivity contribution in [2.45, 2.75) is 48.4 Å². The molecule has 1 saturated heterocycles. The fourth-order valence-electron chi connectivity index (χ4n) is 5.22. The molecule has 6 rings (SSSR count). The molecule has 4 aromatic heterocycles. The van der Waals surface area contributed by atoms with Gasteiger partial charge in [0.05, 0.1) is 27.9 Å². The SMILES string of the molecule is C=S(=O)(c1cnc(-c2cc3cnc(Nc4ccc(OC5CCN(C)CC5)cc4)nc3n(CC)c2=O)c(C)c1)c1cncs1. The number of nitrogens with one attached hydrogen (secondary N) is 1. The summed E-state index contributed by atoms with van der Waals surface area (Å²) in [7, 11) is -0.606. The van der Waals surface area contributed by atoms with E-state index < -0.39 is 9.52 Å². The topological polar surface area (TPSA) is 115 Å². The number of nitrogens with zero attached hydrogens (tertiary/aromatic N) is 6. The molecule has 5 heterocycles. The number of rotatable bonds is 8. The number of pyridine rings is 2. The minimum atomic E-state index is -2.74.